The summed E-state index contributed by atoms with van der Waals surface area (Å²) < 4.78 is 5.87. The Balaban J connectivity index is 1.58. The zero-order valence-electron chi connectivity index (χ0n) is 13.5. The van der Waals surface area contributed by atoms with Gasteiger partial charge >= 0.3 is 0 Å². The van der Waals surface area contributed by atoms with Crippen molar-refractivity contribution in [2.75, 3.05) is 6.61 Å². The van der Waals surface area contributed by atoms with E-state index in [1.54, 1.807) is 0 Å². The third-order valence-corrected chi connectivity index (χ3v) is 4.30. The number of rotatable bonds is 4. The summed E-state index contributed by atoms with van der Waals surface area (Å²) in [6.45, 7) is 0.835. The van der Waals surface area contributed by atoms with Crippen LogP contribution in [-0.4, -0.2) is 11.8 Å². The lowest BCUT2D eigenvalue weighted by Crippen LogP contribution is -2.07. The Hall–Kier alpha value is -2.40. The van der Waals surface area contributed by atoms with Gasteiger partial charge in [-0.25, -0.2) is 0 Å². The first-order valence-electron chi connectivity index (χ1n) is 8.26. The van der Waals surface area contributed by atoms with Crippen molar-refractivity contribution >= 4 is 23.1 Å². The highest BCUT2D eigenvalue weighted by Gasteiger charge is 2.15. The second kappa shape index (κ2) is 8.45. The molecule has 0 bridgehead atoms. The summed E-state index contributed by atoms with van der Waals surface area (Å²) in [4.78, 5) is 3.92. The van der Waals surface area contributed by atoms with Crippen LogP contribution in [0.4, 0.5) is 5.69 Å². The van der Waals surface area contributed by atoms with E-state index in [9.17, 15) is 0 Å². The Morgan fingerprint density at radius 2 is 1.50 bits per heavy atom. The maximum Gasteiger partial charge on any atom is 0.119 e. The molecule has 1 saturated carbocycles. The molecule has 1 aliphatic rings. The fourth-order valence-corrected chi connectivity index (χ4v) is 2.95. The molecule has 0 amide bonds. The van der Waals surface area contributed by atoms with Gasteiger partial charge in [0.2, 0.25) is 0 Å². The molecule has 24 heavy (non-hydrogen) atoms. The zero-order valence-corrected chi connectivity index (χ0v) is 14.3. The predicted molar refractivity (Wildman–Crippen MR) is 101 cm³/mol. The summed E-state index contributed by atoms with van der Waals surface area (Å²) in [6.07, 6.45) is 5.30. The average molecular weight is 333 g/mol. The Morgan fingerprint density at radius 3 is 2.08 bits per heavy atom. The van der Waals surface area contributed by atoms with E-state index in [4.69, 9.17) is 4.74 Å². The van der Waals surface area contributed by atoms with Crippen molar-refractivity contribution in [3.63, 3.8) is 0 Å². The molecular weight excluding hydrogens is 314 g/mol. The van der Waals surface area contributed by atoms with Crippen LogP contribution in [0, 0.1) is 17.8 Å². The number of benzene rings is 2. The van der Waals surface area contributed by atoms with Crippen LogP contribution in [0.3, 0.4) is 0 Å². The van der Waals surface area contributed by atoms with E-state index in [0.717, 1.165) is 35.1 Å². The summed E-state index contributed by atoms with van der Waals surface area (Å²) >= 11 is 4.59. The predicted octanol–water partition coefficient (Wildman–Crippen LogP) is 5.39. The van der Waals surface area contributed by atoms with E-state index >= 15 is 0 Å². The zero-order chi connectivity index (χ0) is 16.6. The molecule has 120 valence electrons. The molecule has 3 heteroatoms. The largest absolute Gasteiger partial charge is 0.493 e. The molecule has 2 nitrogen and oxygen atoms in total. The van der Waals surface area contributed by atoms with Crippen molar-refractivity contribution in [3.05, 3.63) is 59.7 Å². The highest BCUT2D eigenvalue weighted by Crippen LogP contribution is 2.25. The van der Waals surface area contributed by atoms with Gasteiger partial charge in [0.15, 0.2) is 0 Å². The lowest BCUT2D eigenvalue weighted by atomic mass is 10.1. The maximum absolute atomic E-state index is 5.87. The molecule has 0 heterocycles. The Kier molecular flexibility index (Phi) is 5.80. The summed E-state index contributed by atoms with van der Waals surface area (Å²) in [5, 5.41) is 2.36. The van der Waals surface area contributed by atoms with Gasteiger partial charge in [0, 0.05) is 11.1 Å². The minimum absolute atomic E-state index is 0.732. The first-order valence-corrected chi connectivity index (χ1v) is 8.67. The molecule has 0 aliphatic heterocycles. The van der Waals surface area contributed by atoms with Gasteiger partial charge in [-0.3, -0.25) is 0 Å². The number of isothiocyanates is 1. The highest BCUT2D eigenvalue weighted by molar-refractivity contribution is 7.78. The highest BCUT2D eigenvalue weighted by atomic mass is 32.1. The smallest absolute Gasteiger partial charge is 0.119 e. The second-order valence-electron chi connectivity index (χ2n) is 5.99. The lowest BCUT2D eigenvalue weighted by molar-refractivity contribution is 0.252. The Labute approximate surface area is 148 Å². The van der Waals surface area contributed by atoms with Crippen molar-refractivity contribution in [1.29, 1.82) is 0 Å². The van der Waals surface area contributed by atoms with Gasteiger partial charge in [-0.05, 0) is 79.5 Å². The minimum Gasteiger partial charge on any atom is -0.493 e. The van der Waals surface area contributed by atoms with Gasteiger partial charge in [-0.15, -0.1) is 0 Å². The van der Waals surface area contributed by atoms with Crippen LogP contribution in [0.2, 0.25) is 0 Å². The fraction of sp³-hybridized carbons (Fsp3) is 0.286. The standard InChI is InChI=1S/C21H19NOS/c24-16-22-20-11-7-17(8-12-20)5-6-18-9-13-21(14-10-18)23-15-19-3-1-2-4-19/h7-14,19H,1-4,15H2. The quantitative estimate of drug-likeness (QED) is 0.425. The van der Waals surface area contributed by atoms with Crippen LogP contribution in [0.25, 0.3) is 0 Å². The summed E-state index contributed by atoms with van der Waals surface area (Å²) in [5.74, 6) is 7.97. The number of hydrogen-bond donors (Lipinski definition) is 0. The number of nitrogens with zero attached hydrogens (tertiary/aromatic N) is 1. The molecule has 0 saturated heterocycles. The van der Waals surface area contributed by atoms with E-state index in [1.807, 2.05) is 48.5 Å². The molecule has 3 rings (SSSR count). The number of ether oxygens (including phenoxy) is 1. The van der Waals surface area contributed by atoms with Crippen molar-refractivity contribution in [1.82, 2.24) is 0 Å². The first-order chi connectivity index (χ1) is 11.8. The molecule has 0 aromatic heterocycles. The van der Waals surface area contributed by atoms with Crippen LogP contribution in [0.15, 0.2) is 53.5 Å². The third-order valence-electron chi connectivity index (χ3n) is 4.21. The van der Waals surface area contributed by atoms with E-state index in [0.29, 0.717) is 0 Å². The third kappa shape index (κ3) is 4.80. The minimum atomic E-state index is 0.732. The fourth-order valence-electron chi connectivity index (χ4n) is 2.84. The van der Waals surface area contributed by atoms with Crippen molar-refractivity contribution in [3.8, 4) is 17.6 Å². The molecular formula is C21H19NOS. The van der Waals surface area contributed by atoms with E-state index in [-0.39, 0.29) is 0 Å². The lowest BCUT2D eigenvalue weighted by Gasteiger charge is -2.11. The van der Waals surface area contributed by atoms with Gasteiger partial charge in [-0.2, -0.15) is 4.99 Å². The molecule has 2 aromatic carbocycles. The van der Waals surface area contributed by atoms with Crippen molar-refractivity contribution in [2.24, 2.45) is 10.9 Å². The molecule has 0 radical (unpaired) electrons. The Bertz CT molecular complexity index is 771. The molecule has 0 spiro atoms. The van der Waals surface area contributed by atoms with Gasteiger partial charge < -0.3 is 4.74 Å². The van der Waals surface area contributed by atoms with Crippen molar-refractivity contribution < 1.29 is 4.74 Å². The van der Waals surface area contributed by atoms with Crippen LogP contribution in [0.5, 0.6) is 5.75 Å². The molecule has 1 aliphatic carbocycles. The first kappa shape index (κ1) is 16.5. The van der Waals surface area contributed by atoms with E-state index in [1.165, 1.54) is 25.7 Å². The second-order valence-corrected chi connectivity index (χ2v) is 6.17. The normalized spacial score (nSPS) is 13.7. The number of hydrogen-bond acceptors (Lipinski definition) is 3. The van der Waals surface area contributed by atoms with Crippen LogP contribution in [0.1, 0.15) is 36.8 Å². The van der Waals surface area contributed by atoms with Crippen LogP contribution in [-0.2, 0) is 0 Å². The van der Waals surface area contributed by atoms with Gasteiger partial charge in [0.05, 0.1) is 17.5 Å². The van der Waals surface area contributed by atoms with Gasteiger partial charge in [-0.1, -0.05) is 24.7 Å². The maximum atomic E-state index is 5.87. The average Bonchev–Trinajstić information content (AvgIpc) is 3.14. The Morgan fingerprint density at radius 1 is 0.917 bits per heavy atom. The SMILES string of the molecule is S=C=Nc1ccc(C#Cc2ccc(OCC3CCCC3)cc2)cc1. The van der Waals surface area contributed by atoms with Gasteiger partial charge in [0.25, 0.3) is 0 Å². The molecule has 0 unspecified atom stereocenters. The van der Waals surface area contributed by atoms with E-state index in [2.05, 4.69) is 34.2 Å². The topological polar surface area (TPSA) is 21.6 Å². The molecule has 0 N–H and O–H groups in total. The molecule has 1 fully saturated rings. The van der Waals surface area contributed by atoms with Crippen LogP contribution >= 0.6 is 12.2 Å². The summed E-state index contributed by atoms with van der Waals surface area (Å²) in [7, 11) is 0. The number of thiocarbonyl (C=S) groups is 1. The van der Waals surface area contributed by atoms with Crippen molar-refractivity contribution in [2.45, 2.75) is 25.7 Å². The molecule has 0 atom stereocenters. The van der Waals surface area contributed by atoms with E-state index < -0.39 is 0 Å². The van der Waals surface area contributed by atoms with Gasteiger partial charge in [0.1, 0.15) is 5.75 Å². The summed E-state index contributed by atoms with van der Waals surface area (Å²) in [6, 6.07) is 15.6. The monoisotopic (exact) mass is 333 g/mol. The summed E-state index contributed by atoms with van der Waals surface area (Å²) in [5.41, 5.74) is 2.71. The number of aliphatic imine (C=N–C) groups is 1. The molecule has 2 aromatic rings. The van der Waals surface area contributed by atoms with Crippen LogP contribution < -0.4 is 4.74 Å².